The van der Waals surface area contributed by atoms with Crippen LogP contribution in [0.3, 0.4) is 0 Å². The van der Waals surface area contributed by atoms with E-state index in [1.54, 1.807) is 0 Å². The van der Waals surface area contributed by atoms with Crippen LogP contribution in [0.2, 0.25) is 0 Å². The Kier molecular flexibility index (Phi) is 2.67. The lowest BCUT2D eigenvalue weighted by atomic mass is 9.61. The van der Waals surface area contributed by atoms with E-state index >= 15 is 0 Å². The summed E-state index contributed by atoms with van der Waals surface area (Å²) in [5.41, 5.74) is 1.32. The van der Waals surface area contributed by atoms with Crippen LogP contribution in [0.5, 0.6) is 0 Å². The Balaban J connectivity index is 2.32. The third kappa shape index (κ3) is 1.51. The first-order valence-corrected chi connectivity index (χ1v) is 5.88. The molecule has 1 unspecified atom stereocenters. The molecule has 0 aromatic heterocycles. The fourth-order valence-electron chi connectivity index (χ4n) is 2.29. The summed E-state index contributed by atoms with van der Waals surface area (Å²) < 4.78 is 1.10. The highest BCUT2D eigenvalue weighted by atomic mass is 79.9. The molecule has 0 spiro atoms. The fraction of sp³-hybridized carbons (Fsp3) is 0.500. The molecule has 0 heterocycles. The van der Waals surface area contributed by atoms with E-state index in [2.05, 4.69) is 40.2 Å². The minimum absolute atomic E-state index is 0.0424. The van der Waals surface area contributed by atoms with Crippen molar-refractivity contribution in [2.24, 2.45) is 0 Å². The molecule has 1 nitrogen and oxygen atoms in total. The van der Waals surface area contributed by atoms with Crippen LogP contribution in [0, 0.1) is 0 Å². The first-order valence-electron chi connectivity index (χ1n) is 5.09. The minimum Gasteiger partial charge on any atom is -0.392 e. The lowest BCUT2D eigenvalue weighted by molar-refractivity contribution is 0.0420. The predicted molar refractivity (Wildman–Crippen MR) is 61.4 cm³/mol. The van der Waals surface area contributed by atoms with Gasteiger partial charge in [0.1, 0.15) is 0 Å². The number of hydrogen-bond acceptors (Lipinski definition) is 1. The van der Waals surface area contributed by atoms with Gasteiger partial charge in [0.2, 0.25) is 0 Å². The van der Waals surface area contributed by atoms with Gasteiger partial charge in [-0.1, -0.05) is 34.5 Å². The van der Waals surface area contributed by atoms with Gasteiger partial charge >= 0.3 is 0 Å². The van der Waals surface area contributed by atoms with Gasteiger partial charge in [0.15, 0.2) is 0 Å². The average Bonchev–Trinajstić information content (AvgIpc) is 2.05. The molecule has 2 rings (SSSR count). The van der Waals surface area contributed by atoms with Gasteiger partial charge < -0.3 is 5.11 Å². The second kappa shape index (κ2) is 3.67. The lowest BCUT2D eigenvalue weighted by Gasteiger charge is -2.45. The summed E-state index contributed by atoms with van der Waals surface area (Å²) in [7, 11) is 0. The summed E-state index contributed by atoms with van der Waals surface area (Å²) >= 11 is 3.43. The number of rotatable bonds is 2. The molecule has 1 N–H and O–H groups in total. The monoisotopic (exact) mass is 254 g/mol. The molecule has 0 aliphatic heterocycles. The van der Waals surface area contributed by atoms with Gasteiger partial charge in [-0.15, -0.1) is 0 Å². The molecule has 1 aromatic rings. The second-order valence-electron chi connectivity index (χ2n) is 4.19. The molecule has 1 atom stereocenters. The smallest absolute Gasteiger partial charge is 0.0608 e. The zero-order chi connectivity index (χ0) is 10.2. The molecule has 0 saturated heterocycles. The molecule has 1 aliphatic carbocycles. The quantitative estimate of drug-likeness (QED) is 0.860. The normalized spacial score (nSPS) is 21.4. The van der Waals surface area contributed by atoms with Gasteiger partial charge in [-0.25, -0.2) is 0 Å². The van der Waals surface area contributed by atoms with E-state index < -0.39 is 0 Å². The van der Waals surface area contributed by atoms with Crippen molar-refractivity contribution in [2.75, 3.05) is 0 Å². The molecule has 1 aromatic carbocycles. The van der Waals surface area contributed by atoms with E-state index in [1.807, 2.05) is 6.92 Å². The van der Waals surface area contributed by atoms with E-state index in [0.717, 1.165) is 17.3 Å². The molecule has 0 bridgehead atoms. The molecule has 0 radical (unpaired) electrons. The summed E-state index contributed by atoms with van der Waals surface area (Å²) in [6.07, 6.45) is 3.23. The van der Waals surface area contributed by atoms with E-state index in [1.165, 1.54) is 12.0 Å². The standard InChI is InChI=1S/C12H15BrO/c1-9(14)12(7-2-8-12)10-3-5-11(13)6-4-10/h3-6,9,14H,2,7-8H2,1H3. The van der Waals surface area contributed by atoms with Gasteiger partial charge in [0, 0.05) is 9.89 Å². The third-order valence-electron chi connectivity index (χ3n) is 3.46. The zero-order valence-corrected chi connectivity index (χ0v) is 9.92. The highest BCUT2D eigenvalue weighted by Crippen LogP contribution is 2.46. The van der Waals surface area contributed by atoms with Crippen LogP contribution < -0.4 is 0 Å². The highest BCUT2D eigenvalue weighted by molar-refractivity contribution is 9.10. The zero-order valence-electron chi connectivity index (χ0n) is 8.33. The summed E-state index contributed by atoms with van der Waals surface area (Å²) in [6, 6.07) is 8.35. The van der Waals surface area contributed by atoms with Crippen molar-refractivity contribution in [3.05, 3.63) is 34.3 Å². The van der Waals surface area contributed by atoms with Gasteiger partial charge in [-0.2, -0.15) is 0 Å². The summed E-state index contributed by atoms with van der Waals surface area (Å²) in [4.78, 5) is 0. The van der Waals surface area contributed by atoms with E-state index in [4.69, 9.17) is 0 Å². The SMILES string of the molecule is CC(O)C1(c2ccc(Br)cc2)CCC1. The second-order valence-corrected chi connectivity index (χ2v) is 5.11. The van der Waals surface area contributed by atoms with Crippen molar-refractivity contribution in [2.45, 2.75) is 37.7 Å². The number of aliphatic hydroxyl groups is 1. The van der Waals surface area contributed by atoms with Gasteiger partial charge in [-0.05, 0) is 37.5 Å². The Morgan fingerprint density at radius 3 is 2.21 bits per heavy atom. The Morgan fingerprint density at radius 1 is 1.29 bits per heavy atom. The lowest BCUT2D eigenvalue weighted by Crippen LogP contribution is -2.43. The molecule has 1 aliphatic rings. The molecular weight excluding hydrogens is 240 g/mol. The number of benzene rings is 1. The Hall–Kier alpha value is -0.340. The summed E-state index contributed by atoms with van der Waals surface area (Å²) in [6.45, 7) is 1.90. The van der Waals surface area contributed by atoms with Crippen molar-refractivity contribution in [1.29, 1.82) is 0 Å². The van der Waals surface area contributed by atoms with Crippen LogP contribution in [0.1, 0.15) is 31.7 Å². The average molecular weight is 255 g/mol. The summed E-state index contributed by atoms with van der Waals surface area (Å²) in [5, 5.41) is 9.83. The molecule has 1 saturated carbocycles. The van der Waals surface area contributed by atoms with Crippen LogP contribution in [0.25, 0.3) is 0 Å². The van der Waals surface area contributed by atoms with Crippen molar-refractivity contribution in [3.8, 4) is 0 Å². The van der Waals surface area contributed by atoms with Crippen LogP contribution in [0.15, 0.2) is 28.7 Å². The van der Waals surface area contributed by atoms with Crippen LogP contribution >= 0.6 is 15.9 Å². The van der Waals surface area contributed by atoms with Gasteiger partial charge in [0.05, 0.1) is 6.10 Å². The first-order chi connectivity index (χ1) is 6.65. The maximum absolute atomic E-state index is 9.83. The minimum atomic E-state index is -0.238. The maximum atomic E-state index is 9.83. The summed E-state index contributed by atoms with van der Waals surface area (Å²) in [5.74, 6) is 0. The molecule has 1 fully saturated rings. The van der Waals surface area contributed by atoms with Crippen molar-refractivity contribution in [1.82, 2.24) is 0 Å². The fourth-order valence-corrected chi connectivity index (χ4v) is 2.55. The highest BCUT2D eigenvalue weighted by Gasteiger charge is 2.42. The van der Waals surface area contributed by atoms with Crippen LogP contribution in [-0.4, -0.2) is 11.2 Å². The van der Waals surface area contributed by atoms with Gasteiger partial charge in [-0.3, -0.25) is 0 Å². The topological polar surface area (TPSA) is 20.2 Å². The predicted octanol–water partition coefficient (Wildman–Crippen LogP) is 3.25. The van der Waals surface area contributed by atoms with E-state index in [-0.39, 0.29) is 11.5 Å². The molecule has 0 amide bonds. The first kappa shape index (κ1) is 10.2. The molecular formula is C12H15BrO. The van der Waals surface area contributed by atoms with E-state index in [0.29, 0.717) is 0 Å². The largest absolute Gasteiger partial charge is 0.392 e. The van der Waals surface area contributed by atoms with Gasteiger partial charge in [0.25, 0.3) is 0 Å². The maximum Gasteiger partial charge on any atom is 0.0608 e. The van der Waals surface area contributed by atoms with Crippen molar-refractivity contribution >= 4 is 15.9 Å². The van der Waals surface area contributed by atoms with Crippen LogP contribution in [-0.2, 0) is 5.41 Å². The van der Waals surface area contributed by atoms with Crippen molar-refractivity contribution in [3.63, 3.8) is 0 Å². The Labute approximate surface area is 93.3 Å². The molecule has 14 heavy (non-hydrogen) atoms. The van der Waals surface area contributed by atoms with Crippen LogP contribution in [0.4, 0.5) is 0 Å². The number of aliphatic hydroxyl groups excluding tert-OH is 1. The third-order valence-corrected chi connectivity index (χ3v) is 3.99. The Morgan fingerprint density at radius 2 is 1.86 bits per heavy atom. The molecule has 2 heteroatoms. The van der Waals surface area contributed by atoms with E-state index in [9.17, 15) is 5.11 Å². The molecule has 76 valence electrons. The van der Waals surface area contributed by atoms with Crippen molar-refractivity contribution < 1.29 is 5.11 Å². The number of halogens is 1. The number of hydrogen-bond donors (Lipinski definition) is 1. The Bertz CT molecular complexity index is 312.